The maximum atomic E-state index is 5.91. The highest BCUT2D eigenvalue weighted by Crippen LogP contribution is 2.49. The van der Waals surface area contributed by atoms with Crippen LogP contribution in [0, 0.1) is 0 Å². The Labute approximate surface area is 214 Å². The molecule has 36 heavy (non-hydrogen) atoms. The van der Waals surface area contributed by atoms with Gasteiger partial charge in [-0.3, -0.25) is 4.90 Å². The highest BCUT2D eigenvalue weighted by atomic mass is 32.1. The van der Waals surface area contributed by atoms with Crippen molar-refractivity contribution in [2.45, 2.75) is 12.5 Å². The van der Waals surface area contributed by atoms with Gasteiger partial charge in [0.2, 0.25) is 19.3 Å². The number of likely N-dealkylation sites (N-methyl/N-ethyl adjacent to an activating group) is 1. The van der Waals surface area contributed by atoms with Crippen LogP contribution in [0.5, 0.6) is 28.7 Å². The molecular formula is C25H28N4O6S. The molecule has 1 atom stereocenters. The van der Waals surface area contributed by atoms with E-state index in [-0.39, 0.29) is 19.6 Å². The van der Waals surface area contributed by atoms with Crippen molar-refractivity contribution in [1.29, 1.82) is 0 Å². The number of ether oxygens (including phenoxy) is 6. The summed E-state index contributed by atoms with van der Waals surface area (Å²) in [4.78, 5) is 9.31. The monoisotopic (exact) mass is 512 g/mol. The van der Waals surface area contributed by atoms with E-state index in [0.717, 1.165) is 35.5 Å². The fourth-order valence-corrected chi connectivity index (χ4v) is 5.27. The molecule has 2 aromatic carbocycles. The Hall–Kier alpha value is -3.28. The minimum absolute atomic E-state index is 0.173. The molecule has 1 N–H and O–H groups in total. The first-order chi connectivity index (χ1) is 17.6. The van der Waals surface area contributed by atoms with E-state index < -0.39 is 0 Å². The number of methoxy groups -OCH3 is 1. The summed E-state index contributed by atoms with van der Waals surface area (Å²) in [5.74, 6) is 4.08. The van der Waals surface area contributed by atoms with E-state index in [1.165, 1.54) is 0 Å². The Kier molecular flexibility index (Phi) is 6.20. The SMILES string of the molecule is COc1c2c(cc3c1[C@H](C(=NC(=S)N1CCOCC1)Nc1ccc4c(c1)OCO4)N(C)CC3)OCO2. The largest absolute Gasteiger partial charge is 0.492 e. The minimum atomic E-state index is -0.261. The summed E-state index contributed by atoms with van der Waals surface area (Å²) < 4.78 is 34.0. The molecule has 11 heteroatoms. The van der Waals surface area contributed by atoms with Crippen LogP contribution in [0.4, 0.5) is 5.69 Å². The lowest BCUT2D eigenvalue weighted by Gasteiger charge is -2.37. The maximum Gasteiger partial charge on any atom is 0.231 e. The van der Waals surface area contributed by atoms with Crippen LogP contribution in [-0.2, 0) is 11.2 Å². The average Bonchev–Trinajstić information content (AvgIpc) is 3.56. The maximum absolute atomic E-state index is 5.91. The summed E-state index contributed by atoms with van der Waals surface area (Å²) >= 11 is 5.80. The summed E-state index contributed by atoms with van der Waals surface area (Å²) in [6, 6.07) is 7.54. The summed E-state index contributed by atoms with van der Waals surface area (Å²) in [6.07, 6.45) is 0.848. The van der Waals surface area contributed by atoms with Crippen molar-refractivity contribution in [3.63, 3.8) is 0 Å². The quantitative estimate of drug-likeness (QED) is 0.376. The van der Waals surface area contributed by atoms with Crippen LogP contribution in [0.15, 0.2) is 29.3 Å². The van der Waals surface area contributed by atoms with Gasteiger partial charge < -0.3 is 38.6 Å². The second kappa shape index (κ2) is 9.64. The molecule has 0 bridgehead atoms. The molecule has 0 unspecified atom stereocenters. The number of hydrogen-bond acceptors (Lipinski definition) is 8. The summed E-state index contributed by atoms with van der Waals surface area (Å²) in [5.41, 5.74) is 2.95. The highest BCUT2D eigenvalue weighted by molar-refractivity contribution is 7.80. The molecule has 4 heterocycles. The number of morpholine rings is 1. The second-order valence-electron chi connectivity index (χ2n) is 8.92. The molecule has 0 aromatic heterocycles. The van der Waals surface area contributed by atoms with Gasteiger partial charge in [-0.2, -0.15) is 0 Å². The van der Waals surface area contributed by atoms with Crippen LogP contribution in [-0.4, -0.2) is 81.3 Å². The van der Waals surface area contributed by atoms with E-state index in [4.69, 9.17) is 45.6 Å². The Morgan fingerprint density at radius 1 is 1.03 bits per heavy atom. The molecular weight excluding hydrogens is 484 g/mol. The molecule has 190 valence electrons. The number of amidine groups is 1. The number of hydrogen-bond donors (Lipinski definition) is 1. The van der Waals surface area contributed by atoms with E-state index in [1.807, 2.05) is 18.2 Å². The van der Waals surface area contributed by atoms with Crippen molar-refractivity contribution >= 4 is 28.9 Å². The molecule has 2 aromatic rings. The Bertz CT molecular complexity index is 1220. The van der Waals surface area contributed by atoms with Gasteiger partial charge in [-0.15, -0.1) is 0 Å². The van der Waals surface area contributed by atoms with Crippen molar-refractivity contribution in [3.8, 4) is 28.7 Å². The lowest BCUT2D eigenvalue weighted by molar-refractivity contribution is 0.0686. The van der Waals surface area contributed by atoms with Gasteiger partial charge in [-0.1, -0.05) is 0 Å². The number of rotatable bonds is 3. The van der Waals surface area contributed by atoms with Gasteiger partial charge in [0.05, 0.1) is 26.4 Å². The molecule has 10 nitrogen and oxygen atoms in total. The molecule has 1 saturated heterocycles. The first kappa shape index (κ1) is 23.1. The van der Waals surface area contributed by atoms with E-state index >= 15 is 0 Å². The first-order valence-corrected chi connectivity index (χ1v) is 12.3. The summed E-state index contributed by atoms with van der Waals surface area (Å²) in [5, 5.41) is 4.05. The van der Waals surface area contributed by atoms with E-state index in [1.54, 1.807) is 7.11 Å². The molecule has 4 aliphatic rings. The molecule has 6 rings (SSSR count). The fourth-order valence-electron chi connectivity index (χ4n) is 4.99. The highest BCUT2D eigenvalue weighted by Gasteiger charge is 2.37. The number of thiocarbonyl (C=S) groups is 1. The van der Waals surface area contributed by atoms with Crippen LogP contribution in [0.2, 0.25) is 0 Å². The molecule has 1 fully saturated rings. The third kappa shape index (κ3) is 4.16. The Balaban J connectivity index is 1.44. The van der Waals surface area contributed by atoms with Crippen LogP contribution in [0.3, 0.4) is 0 Å². The van der Waals surface area contributed by atoms with Gasteiger partial charge in [0.15, 0.2) is 28.1 Å². The lowest BCUT2D eigenvalue weighted by atomic mass is 9.90. The zero-order valence-corrected chi connectivity index (χ0v) is 21.1. The van der Waals surface area contributed by atoms with Gasteiger partial charge in [-0.25, -0.2) is 4.99 Å². The molecule has 4 aliphatic heterocycles. The third-order valence-corrected chi connectivity index (χ3v) is 7.15. The van der Waals surface area contributed by atoms with Crippen molar-refractivity contribution in [1.82, 2.24) is 9.80 Å². The second-order valence-corrected chi connectivity index (χ2v) is 9.29. The normalized spacial score (nSPS) is 20.8. The number of nitrogens with zero attached hydrogens (tertiary/aromatic N) is 3. The number of benzene rings is 2. The van der Waals surface area contributed by atoms with E-state index in [0.29, 0.717) is 60.2 Å². The molecule has 0 saturated carbocycles. The Morgan fingerprint density at radius 3 is 2.64 bits per heavy atom. The van der Waals surface area contributed by atoms with Gasteiger partial charge >= 0.3 is 0 Å². The first-order valence-electron chi connectivity index (χ1n) is 11.9. The van der Waals surface area contributed by atoms with Gasteiger partial charge in [0.1, 0.15) is 5.84 Å². The summed E-state index contributed by atoms with van der Waals surface area (Å²) in [7, 11) is 3.73. The van der Waals surface area contributed by atoms with Crippen molar-refractivity contribution in [2.75, 3.05) is 65.9 Å². The number of aliphatic imine (C=N–C) groups is 1. The fraction of sp³-hybridized carbons (Fsp3) is 0.440. The molecule has 0 spiro atoms. The number of nitrogens with one attached hydrogen (secondary N) is 1. The average molecular weight is 513 g/mol. The van der Waals surface area contributed by atoms with E-state index in [2.05, 4.69) is 28.2 Å². The van der Waals surface area contributed by atoms with Crippen molar-refractivity contribution in [2.24, 2.45) is 4.99 Å². The minimum Gasteiger partial charge on any atom is -0.492 e. The van der Waals surface area contributed by atoms with Crippen LogP contribution >= 0.6 is 12.2 Å². The van der Waals surface area contributed by atoms with Crippen LogP contribution in [0.1, 0.15) is 17.2 Å². The number of fused-ring (bicyclic) bond motifs is 3. The Morgan fingerprint density at radius 2 is 1.81 bits per heavy atom. The molecule has 0 aliphatic carbocycles. The predicted molar refractivity (Wildman–Crippen MR) is 137 cm³/mol. The third-order valence-electron chi connectivity index (χ3n) is 6.80. The van der Waals surface area contributed by atoms with Gasteiger partial charge in [0, 0.05) is 37.0 Å². The smallest absolute Gasteiger partial charge is 0.231 e. The van der Waals surface area contributed by atoms with Crippen LogP contribution in [0.25, 0.3) is 0 Å². The van der Waals surface area contributed by atoms with Gasteiger partial charge in [-0.05, 0) is 49.4 Å². The van der Waals surface area contributed by atoms with E-state index in [9.17, 15) is 0 Å². The molecule has 0 radical (unpaired) electrons. The standard InChI is InChI=1S/C25H28N4O6S/c1-28-6-5-15-11-19-22(35-14-34-19)23(30-2)20(15)21(28)24(27-25(36)29-7-9-31-10-8-29)26-16-3-4-17-18(12-16)33-13-32-17/h3-4,11-12,21H,5-10,13-14H2,1-2H3,(H,26,27,36)/t21-/m1/s1. The topological polar surface area (TPSA) is 86.3 Å². The number of anilines is 1. The zero-order chi connectivity index (χ0) is 24.6. The van der Waals surface area contributed by atoms with Crippen molar-refractivity contribution in [3.05, 3.63) is 35.4 Å². The summed E-state index contributed by atoms with van der Waals surface area (Å²) in [6.45, 7) is 3.88. The van der Waals surface area contributed by atoms with Crippen LogP contribution < -0.4 is 29.0 Å². The predicted octanol–water partition coefficient (Wildman–Crippen LogP) is 2.81. The molecule has 0 amide bonds. The lowest BCUT2D eigenvalue weighted by Crippen LogP contribution is -2.43. The van der Waals surface area contributed by atoms with Crippen molar-refractivity contribution < 1.29 is 28.4 Å². The van der Waals surface area contributed by atoms with Gasteiger partial charge in [0.25, 0.3) is 0 Å². The zero-order valence-electron chi connectivity index (χ0n) is 20.2.